The zero-order chi connectivity index (χ0) is 11.0. The van der Waals surface area contributed by atoms with Gasteiger partial charge in [-0.05, 0) is 12.3 Å². The predicted octanol–water partition coefficient (Wildman–Crippen LogP) is 3.40. The molecule has 14 heavy (non-hydrogen) atoms. The maximum atomic E-state index is 11.4. The molecule has 84 valence electrons. The number of esters is 1. The minimum Gasteiger partial charge on any atom is -0.465 e. The quantitative estimate of drug-likeness (QED) is 0.589. The Hall–Kier alpha value is -0.530. The second-order valence-corrected chi connectivity index (χ2v) is 4.00. The van der Waals surface area contributed by atoms with E-state index in [-0.39, 0.29) is 11.9 Å². The molecule has 0 aromatic rings. The fourth-order valence-electron chi connectivity index (χ4n) is 1.42. The lowest BCUT2D eigenvalue weighted by atomic mass is 10.0. The average Bonchev–Trinajstić information content (AvgIpc) is 2.19. The Morgan fingerprint density at radius 1 is 1.21 bits per heavy atom. The summed E-state index contributed by atoms with van der Waals surface area (Å²) in [6.45, 7) is 8.90. The Morgan fingerprint density at radius 3 is 2.21 bits per heavy atom. The third kappa shape index (κ3) is 5.25. The number of rotatable bonds is 7. The van der Waals surface area contributed by atoms with Gasteiger partial charge in [0.25, 0.3) is 0 Å². The lowest BCUT2D eigenvalue weighted by molar-refractivity contribution is -0.149. The summed E-state index contributed by atoms with van der Waals surface area (Å²) in [7, 11) is 0. The Bertz CT molecular complexity index is 150. The van der Waals surface area contributed by atoms with Crippen molar-refractivity contribution in [1.82, 2.24) is 0 Å². The average molecular weight is 200 g/mol. The van der Waals surface area contributed by atoms with Crippen LogP contribution in [0, 0.1) is 11.8 Å². The molecule has 1 atom stereocenters. The standard InChI is InChI=1S/C12H24O2/c1-5-8-10(4)12(13)14-9-11(6-2)7-3/h10-11H,5-9H2,1-4H3/t10-/m1/s1. The van der Waals surface area contributed by atoms with Gasteiger partial charge in [-0.2, -0.15) is 0 Å². The fourth-order valence-corrected chi connectivity index (χ4v) is 1.42. The number of hydrogen-bond donors (Lipinski definition) is 0. The van der Waals surface area contributed by atoms with Gasteiger partial charge in [-0.1, -0.05) is 47.0 Å². The molecule has 0 saturated carbocycles. The summed E-state index contributed by atoms with van der Waals surface area (Å²) in [6.07, 6.45) is 4.15. The zero-order valence-electron chi connectivity index (χ0n) is 10.0. The first-order chi connectivity index (χ1) is 6.65. The van der Waals surface area contributed by atoms with Gasteiger partial charge in [-0.3, -0.25) is 4.79 Å². The van der Waals surface area contributed by atoms with Gasteiger partial charge in [0.05, 0.1) is 12.5 Å². The molecule has 0 aliphatic heterocycles. The molecular weight excluding hydrogens is 176 g/mol. The van der Waals surface area contributed by atoms with Gasteiger partial charge in [0.1, 0.15) is 0 Å². The normalized spacial score (nSPS) is 12.9. The maximum absolute atomic E-state index is 11.4. The third-order valence-electron chi connectivity index (χ3n) is 2.74. The van der Waals surface area contributed by atoms with Crippen molar-refractivity contribution < 1.29 is 9.53 Å². The van der Waals surface area contributed by atoms with E-state index in [4.69, 9.17) is 4.74 Å². The molecule has 2 heteroatoms. The molecule has 0 aliphatic carbocycles. The van der Waals surface area contributed by atoms with Gasteiger partial charge >= 0.3 is 5.97 Å². The summed E-state index contributed by atoms with van der Waals surface area (Å²) in [5, 5.41) is 0. The van der Waals surface area contributed by atoms with E-state index in [0.29, 0.717) is 12.5 Å². The third-order valence-corrected chi connectivity index (χ3v) is 2.74. The molecule has 0 fully saturated rings. The highest BCUT2D eigenvalue weighted by Gasteiger charge is 2.14. The van der Waals surface area contributed by atoms with Gasteiger partial charge in [0.15, 0.2) is 0 Å². The SMILES string of the molecule is CCC[C@@H](C)C(=O)OCC(CC)CC. The van der Waals surface area contributed by atoms with Crippen LogP contribution in [-0.2, 0) is 9.53 Å². The van der Waals surface area contributed by atoms with Gasteiger partial charge in [-0.15, -0.1) is 0 Å². The molecule has 0 spiro atoms. The van der Waals surface area contributed by atoms with E-state index in [1.807, 2.05) is 6.92 Å². The zero-order valence-corrected chi connectivity index (χ0v) is 10.0. The monoisotopic (exact) mass is 200 g/mol. The maximum Gasteiger partial charge on any atom is 0.308 e. The first-order valence-electron chi connectivity index (χ1n) is 5.82. The van der Waals surface area contributed by atoms with Crippen molar-refractivity contribution in [3.8, 4) is 0 Å². The van der Waals surface area contributed by atoms with Crippen molar-refractivity contribution in [1.29, 1.82) is 0 Å². The molecule has 0 saturated heterocycles. The molecule has 2 nitrogen and oxygen atoms in total. The van der Waals surface area contributed by atoms with Crippen LogP contribution in [-0.4, -0.2) is 12.6 Å². The summed E-state index contributed by atoms with van der Waals surface area (Å²) >= 11 is 0. The van der Waals surface area contributed by atoms with E-state index in [0.717, 1.165) is 25.7 Å². The van der Waals surface area contributed by atoms with Crippen molar-refractivity contribution in [2.75, 3.05) is 6.61 Å². The summed E-state index contributed by atoms with van der Waals surface area (Å²) in [6, 6.07) is 0. The van der Waals surface area contributed by atoms with Crippen LogP contribution in [0.1, 0.15) is 53.4 Å². The smallest absolute Gasteiger partial charge is 0.308 e. The minimum atomic E-state index is -0.0289. The molecule has 0 aromatic carbocycles. The molecule has 0 heterocycles. The first kappa shape index (κ1) is 13.5. The number of ether oxygens (including phenoxy) is 1. The van der Waals surface area contributed by atoms with E-state index >= 15 is 0 Å². The van der Waals surface area contributed by atoms with Crippen molar-refractivity contribution in [3.63, 3.8) is 0 Å². The molecule has 0 aliphatic rings. The Morgan fingerprint density at radius 2 is 1.79 bits per heavy atom. The molecule has 0 amide bonds. The molecule has 0 N–H and O–H groups in total. The Kier molecular flexibility index (Phi) is 7.54. The second kappa shape index (κ2) is 7.84. The van der Waals surface area contributed by atoms with Crippen LogP contribution >= 0.6 is 0 Å². The van der Waals surface area contributed by atoms with Crippen molar-refractivity contribution in [3.05, 3.63) is 0 Å². The number of carbonyl (C=O) groups is 1. The summed E-state index contributed by atoms with van der Waals surface area (Å²) in [5.41, 5.74) is 0. The van der Waals surface area contributed by atoms with Gasteiger partial charge in [0, 0.05) is 0 Å². The molecule has 0 unspecified atom stereocenters. The highest BCUT2D eigenvalue weighted by atomic mass is 16.5. The van der Waals surface area contributed by atoms with Crippen molar-refractivity contribution >= 4 is 5.97 Å². The van der Waals surface area contributed by atoms with E-state index < -0.39 is 0 Å². The molecule has 0 aromatic heterocycles. The molecule has 0 radical (unpaired) electrons. The van der Waals surface area contributed by atoms with Crippen LogP contribution in [0.25, 0.3) is 0 Å². The van der Waals surface area contributed by atoms with Crippen LogP contribution in [0.3, 0.4) is 0 Å². The lowest BCUT2D eigenvalue weighted by Gasteiger charge is -2.15. The number of hydrogen-bond acceptors (Lipinski definition) is 2. The minimum absolute atomic E-state index is 0.0289. The van der Waals surface area contributed by atoms with Crippen LogP contribution in [0.2, 0.25) is 0 Å². The largest absolute Gasteiger partial charge is 0.465 e. The fraction of sp³-hybridized carbons (Fsp3) is 0.917. The van der Waals surface area contributed by atoms with Crippen LogP contribution < -0.4 is 0 Å². The van der Waals surface area contributed by atoms with Crippen molar-refractivity contribution in [2.45, 2.75) is 53.4 Å². The van der Waals surface area contributed by atoms with Gasteiger partial charge < -0.3 is 4.74 Å². The second-order valence-electron chi connectivity index (χ2n) is 4.00. The highest BCUT2D eigenvalue weighted by Crippen LogP contribution is 2.11. The predicted molar refractivity (Wildman–Crippen MR) is 59.1 cm³/mol. The van der Waals surface area contributed by atoms with E-state index in [1.165, 1.54) is 0 Å². The van der Waals surface area contributed by atoms with E-state index in [2.05, 4.69) is 20.8 Å². The summed E-state index contributed by atoms with van der Waals surface area (Å²) in [5.74, 6) is 0.570. The van der Waals surface area contributed by atoms with Gasteiger partial charge in [-0.25, -0.2) is 0 Å². The van der Waals surface area contributed by atoms with Crippen LogP contribution in [0.15, 0.2) is 0 Å². The Labute approximate surface area is 88.0 Å². The molecule has 0 bridgehead atoms. The van der Waals surface area contributed by atoms with Crippen molar-refractivity contribution in [2.24, 2.45) is 11.8 Å². The molecular formula is C12H24O2. The van der Waals surface area contributed by atoms with Gasteiger partial charge in [0.2, 0.25) is 0 Å². The summed E-state index contributed by atoms with van der Waals surface area (Å²) < 4.78 is 5.26. The Balaban J connectivity index is 3.71. The summed E-state index contributed by atoms with van der Waals surface area (Å²) in [4.78, 5) is 11.4. The highest BCUT2D eigenvalue weighted by molar-refractivity contribution is 5.71. The van der Waals surface area contributed by atoms with E-state index in [1.54, 1.807) is 0 Å². The lowest BCUT2D eigenvalue weighted by Crippen LogP contribution is -2.18. The van der Waals surface area contributed by atoms with Crippen LogP contribution in [0.5, 0.6) is 0 Å². The van der Waals surface area contributed by atoms with E-state index in [9.17, 15) is 4.79 Å². The van der Waals surface area contributed by atoms with Crippen LogP contribution in [0.4, 0.5) is 0 Å². The molecule has 0 rings (SSSR count). The first-order valence-corrected chi connectivity index (χ1v) is 5.82. The topological polar surface area (TPSA) is 26.3 Å². The number of carbonyl (C=O) groups excluding carboxylic acids is 1.